The molecule has 0 aliphatic heterocycles. The standard InChI is InChI=1S/C25H32ClN5OS/c1-5-25(6-2,31-24-23(26)18(3)29-19(4)30-24)22-16-21(10-13-28-22)32-14-7-15-33-17-20-8-11-27-12-9-20/h8-13,16H,5-7,14-15,17H2,1-4H3,(H,29,30,31). The van der Waals surface area contributed by atoms with Crippen molar-refractivity contribution in [2.75, 3.05) is 17.7 Å². The molecule has 0 fully saturated rings. The maximum atomic E-state index is 6.52. The van der Waals surface area contributed by atoms with Crippen molar-refractivity contribution in [2.24, 2.45) is 0 Å². The van der Waals surface area contributed by atoms with Crippen LogP contribution in [0, 0.1) is 13.8 Å². The predicted molar refractivity (Wildman–Crippen MR) is 137 cm³/mol. The Morgan fingerprint density at radius 3 is 2.55 bits per heavy atom. The summed E-state index contributed by atoms with van der Waals surface area (Å²) in [7, 11) is 0. The Bertz CT molecular complexity index is 1030. The number of anilines is 1. The van der Waals surface area contributed by atoms with E-state index in [0.717, 1.165) is 47.9 Å². The SMILES string of the molecule is CCC(CC)(Nc1nc(C)nc(C)c1Cl)c1cc(OCCCSCc2ccncc2)ccn1. The Balaban J connectivity index is 1.62. The molecule has 3 rings (SSSR count). The molecule has 0 saturated carbocycles. The number of pyridine rings is 2. The van der Waals surface area contributed by atoms with E-state index in [2.05, 4.69) is 51.2 Å². The minimum absolute atomic E-state index is 0.406. The second kappa shape index (κ2) is 12.2. The molecule has 33 heavy (non-hydrogen) atoms. The van der Waals surface area contributed by atoms with Crippen LogP contribution in [0.15, 0.2) is 42.9 Å². The molecular weight excluding hydrogens is 454 g/mol. The first-order valence-electron chi connectivity index (χ1n) is 11.3. The molecule has 0 aliphatic rings. The van der Waals surface area contributed by atoms with Crippen LogP contribution >= 0.6 is 23.4 Å². The number of rotatable bonds is 12. The molecule has 0 atom stereocenters. The lowest BCUT2D eigenvalue weighted by Gasteiger charge is -2.33. The van der Waals surface area contributed by atoms with Crippen molar-refractivity contribution >= 4 is 29.2 Å². The summed E-state index contributed by atoms with van der Waals surface area (Å²) >= 11 is 8.42. The molecule has 3 heterocycles. The van der Waals surface area contributed by atoms with Crippen LogP contribution < -0.4 is 10.1 Å². The first-order chi connectivity index (χ1) is 16.0. The van der Waals surface area contributed by atoms with Crippen molar-refractivity contribution in [3.8, 4) is 5.75 Å². The molecule has 0 amide bonds. The normalized spacial score (nSPS) is 11.4. The first-order valence-corrected chi connectivity index (χ1v) is 12.9. The van der Waals surface area contributed by atoms with Gasteiger partial charge in [0.1, 0.15) is 22.4 Å². The lowest BCUT2D eigenvalue weighted by molar-refractivity contribution is 0.316. The molecule has 0 unspecified atom stereocenters. The average Bonchev–Trinajstić information content (AvgIpc) is 2.83. The second-order valence-corrected chi connectivity index (χ2v) is 9.40. The van der Waals surface area contributed by atoms with Gasteiger partial charge in [-0.05, 0) is 62.6 Å². The summed E-state index contributed by atoms with van der Waals surface area (Å²) in [6.07, 6.45) is 8.11. The van der Waals surface area contributed by atoms with Crippen LogP contribution in [0.2, 0.25) is 5.02 Å². The number of hydrogen-bond acceptors (Lipinski definition) is 7. The topological polar surface area (TPSA) is 72.8 Å². The Kier molecular flexibility index (Phi) is 9.32. The van der Waals surface area contributed by atoms with E-state index in [9.17, 15) is 0 Å². The fourth-order valence-electron chi connectivity index (χ4n) is 3.64. The summed E-state index contributed by atoms with van der Waals surface area (Å²) in [5.74, 6) is 4.19. The van der Waals surface area contributed by atoms with Crippen LogP contribution in [0.3, 0.4) is 0 Å². The molecule has 3 aromatic heterocycles. The highest BCUT2D eigenvalue weighted by Crippen LogP contribution is 2.35. The fourth-order valence-corrected chi connectivity index (χ4v) is 4.67. The average molecular weight is 486 g/mol. The van der Waals surface area contributed by atoms with E-state index in [1.165, 1.54) is 5.56 Å². The number of aryl methyl sites for hydroxylation is 2. The highest BCUT2D eigenvalue weighted by molar-refractivity contribution is 7.98. The Morgan fingerprint density at radius 2 is 1.82 bits per heavy atom. The van der Waals surface area contributed by atoms with Crippen LogP contribution in [0.25, 0.3) is 0 Å². The largest absolute Gasteiger partial charge is 0.493 e. The lowest BCUT2D eigenvalue weighted by Crippen LogP contribution is -2.35. The van der Waals surface area contributed by atoms with Gasteiger partial charge in [-0.15, -0.1) is 0 Å². The van der Waals surface area contributed by atoms with Gasteiger partial charge in [0.2, 0.25) is 0 Å². The quantitative estimate of drug-likeness (QED) is 0.299. The third kappa shape index (κ3) is 6.81. The maximum absolute atomic E-state index is 6.52. The number of halogens is 1. The van der Waals surface area contributed by atoms with Crippen LogP contribution in [0.4, 0.5) is 5.82 Å². The van der Waals surface area contributed by atoms with Crippen LogP contribution in [0.5, 0.6) is 5.75 Å². The van der Waals surface area contributed by atoms with Crippen LogP contribution in [-0.2, 0) is 11.3 Å². The van der Waals surface area contributed by atoms with E-state index in [-0.39, 0.29) is 0 Å². The summed E-state index contributed by atoms with van der Waals surface area (Å²) in [6, 6.07) is 8.05. The molecule has 0 aliphatic carbocycles. The number of aromatic nitrogens is 4. The van der Waals surface area contributed by atoms with Crippen molar-refractivity contribution in [3.05, 3.63) is 70.7 Å². The first kappa shape index (κ1) is 25.2. The molecule has 0 radical (unpaired) electrons. The van der Waals surface area contributed by atoms with Gasteiger partial charge in [0.05, 0.1) is 23.5 Å². The minimum Gasteiger partial charge on any atom is -0.493 e. The van der Waals surface area contributed by atoms with Gasteiger partial charge in [0, 0.05) is 30.4 Å². The van der Waals surface area contributed by atoms with Crippen molar-refractivity contribution in [3.63, 3.8) is 0 Å². The van der Waals surface area contributed by atoms with E-state index in [4.69, 9.17) is 16.3 Å². The number of nitrogens with zero attached hydrogens (tertiary/aromatic N) is 4. The highest BCUT2D eigenvalue weighted by atomic mass is 35.5. The third-order valence-corrected chi connectivity index (χ3v) is 7.20. The summed E-state index contributed by atoms with van der Waals surface area (Å²) in [5.41, 5.74) is 2.57. The zero-order chi connectivity index (χ0) is 23.7. The zero-order valence-corrected chi connectivity index (χ0v) is 21.3. The van der Waals surface area contributed by atoms with E-state index in [0.29, 0.717) is 23.3 Å². The van der Waals surface area contributed by atoms with Gasteiger partial charge < -0.3 is 10.1 Å². The second-order valence-electron chi connectivity index (χ2n) is 7.92. The van der Waals surface area contributed by atoms with Gasteiger partial charge in [-0.25, -0.2) is 9.97 Å². The van der Waals surface area contributed by atoms with E-state index >= 15 is 0 Å². The van der Waals surface area contributed by atoms with E-state index < -0.39 is 5.54 Å². The summed E-state index contributed by atoms with van der Waals surface area (Å²) in [4.78, 5) is 17.6. The van der Waals surface area contributed by atoms with Gasteiger partial charge in [-0.1, -0.05) is 25.4 Å². The highest BCUT2D eigenvalue weighted by Gasteiger charge is 2.32. The molecule has 176 valence electrons. The molecule has 0 aromatic carbocycles. The number of hydrogen-bond donors (Lipinski definition) is 1. The molecule has 0 saturated heterocycles. The fraction of sp³-hybridized carbons (Fsp3) is 0.440. The van der Waals surface area contributed by atoms with Gasteiger partial charge >= 0.3 is 0 Å². The number of ether oxygens (including phenoxy) is 1. The third-order valence-electron chi connectivity index (χ3n) is 5.63. The summed E-state index contributed by atoms with van der Waals surface area (Å²) in [5, 5.41) is 4.12. The van der Waals surface area contributed by atoms with Crippen LogP contribution in [-0.4, -0.2) is 32.3 Å². The van der Waals surface area contributed by atoms with Crippen molar-refractivity contribution < 1.29 is 4.74 Å². The van der Waals surface area contributed by atoms with Crippen molar-refractivity contribution in [1.82, 2.24) is 19.9 Å². The minimum atomic E-state index is -0.406. The molecule has 6 nitrogen and oxygen atoms in total. The molecular formula is C25H32ClN5OS. The Morgan fingerprint density at radius 1 is 1.06 bits per heavy atom. The monoisotopic (exact) mass is 485 g/mol. The van der Waals surface area contributed by atoms with Gasteiger partial charge in [0.25, 0.3) is 0 Å². The predicted octanol–water partition coefficient (Wildman–Crippen LogP) is 6.37. The van der Waals surface area contributed by atoms with Gasteiger partial charge in [-0.3, -0.25) is 9.97 Å². The Labute approximate surface area is 206 Å². The molecule has 1 N–H and O–H groups in total. The zero-order valence-electron chi connectivity index (χ0n) is 19.8. The summed E-state index contributed by atoms with van der Waals surface area (Å²) in [6.45, 7) is 8.71. The molecule has 0 spiro atoms. The van der Waals surface area contributed by atoms with E-state index in [1.54, 1.807) is 0 Å². The summed E-state index contributed by atoms with van der Waals surface area (Å²) < 4.78 is 6.05. The Hall–Kier alpha value is -2.38. The molecule has 8 heteroatoms. The van der Waals surface area contributed by atoms with Crippen molar-refractivity contribution in [2.45, 2.75) is 58.2 Å². The molecule has 0 bridgehead atoms. The van der Waals surface area contributed by atoms with Gasteiger partial charge in [-0.2, -0.15) is 11.8 Å². The van der Waals surface area contributed by atoms with E-state index in [1.807, 2.05) is 56.3 Å². The maximum Gasteiger partial charge on any atom is 0.149 e. The number of thioether (sulfide) groups is 1. The number of nitrogens with one attached hydrogen (secondary N) is 1. The van der Waals surface area contributed by atoms with Gasteiger partial charge in [0.15, 0.2) is 0 Å². The molecule has 3 aromatic rings. The van der Waals surface area contributed by atoms with Crippen LogP contribution in [0.1, 0.15) is 55.9 Å². The lowest BCUT2D eigenvalue weighted by atomic mass is 9.88. The smallest absolute Gasteiger partial charge is 0.149 e. The van der Waals surface area contributed by atoms with Crippen molar-refractivity contribution in [1.29, 1.82) is 0 Å².